The van der Waals surface area contributed by atoms with Gasteiger partial charge in [-0.05, 0) is 23.4 Å². The van der Waals surface area contributed by atoms with Crippen LogP contribution in [0.15, 0.2) is 46.3 Å². The second-order valence-electron chi connectivity index (χ2n) is 6.16. The number of primary sulfonamides is 1. The third-order valence-corrected chi connectivity index (χ3v) is 6.77. The van der Waals surface area contributed by atoms with Crippen molar-refractivity contribution < 1.29 is 21.9 Å². The lowest BCUT2D eigenvalue weighted by Crippen LogP contribution is -2.29. The van der Waals surface area contributed by atoms with Crippen molar-refractivity contribution in [3.05, 3.63) is 36.5 Å². The van der Waals surface area contributed by atoms with Gasteiger partial charge in [0, 0.05) is 18.3 Å². The minimum absolute atomic E-state index is 0.0664. The van der Waals surface area contributed by atoms with Crippen LogP contribution in [0.2, 0.25) is 0 Å². The molecule has 0 amide bonds. The molecule has 2 aromatic heterocycles. The van der Waals surface area contributed by atoms with E-state index >= 15 is 0 Å². The number of aromatic nitrogens is 5. The standard InChI is InChI=1S/C15H18N8O5S2/c16-7-9(24)8-29(25,26)12-5-6-19-14(17)13(12)23-21-15(20-22-23)10-3-1-2-4-11(10)30(18,27)28/h1-6,9,24H,7-8,16H2,(H2,17,19)(H2,18,27,28)/t9-/m1/s1. The average Bonchev–Trinajstić information content (AvgIpc) is 3.16. The number of benzene rings is 1. The van der Waals surface area contributed by atoms with Gasteiger partial charge in [-0.25, -0.2) is 27.0 Å². The lowest BCUT2D eigenvalue weighted by Gasteiger charge is -2.12. The summed E-state index contributed by atoms with van der Waals surface area (Å²) in [6, 6.07) is 6.88. The van der Waals surface area contributed by atoms with E-state index in [4.69, 9.17) is 16.6 Å². The molecular formula is C15H18N8O5S2. The molecule has 13 nitrogen and oxygen atoms in total. The monoisotopic (exact) mass is 454 g/mol. The number of sulfone groups is 1. The molecule has 0 radical (unpaired) electrons. The molecule has 1 aromatic carbocycles. The summed E-state index contributed by atoms with van der Waals surface area (Å²) in [6.07, 6.45) is -0.118. The number of nitrogen functional groups attached to an aromatic ring is 1. The fraction of sp³-hybridized carbons (Fsp3) is 0.200. The Hall–Kier alpha value is -2.98. The van der Waals surface area contributed by atoms with E-state index in [0.717, 1.165) is 4.80 Å². The number of tetrazole rings is 1. The molecule has 0 fully saturated rings. The van der Waals surface area contributed by atoms with Gasteiger partial charge in [0.25, 0.3) is 0 Å². The van der Waals surface area contributed by atoms with Crippen LogP contribution in [0, 0.1) is 0 Å². The maximum atomic E-state index is 12.7. The molecule has 0 spiro atoms. The normalized spacial score (nSPS) is 13.3. The van der Waals surface area contributed by atoms with Gasteiger partial charge in [0.2, 0.25) is 15.8 Å². The Labute approximate surface area is 171 Å². The van der Waals surface area contributed by atoms with E-state index in [0.29, 0.717) is 0 Å². The molecule has 0 saturated heterocycles. The van der Waals surface area contributed by atoms with E-state index in [-0.39, 0.29) is 39.2 Å². The zero-order chi connectivity index (χ0) is 22.1. The Bertz CT molecular complexity index is 1290. The average molecular weight is 454 g/mol. The molecule has 0 aliphatic rings. The molecule has 0 aliphatic carbocycles. The van der Waals surface area contributed by atoms with Crippen molar-refractivity contribution in [3.8, 4) is 17.1 Å². The highest BCUT2D eigenvalue weighted by Crippen LogP contribution is 2.27. The molecule has 7 N–H and O–H groups in total. The van der Waals surface area contributed by atoms with Crippen LogP contribution >= 0.6 is 0 Å². The van der Waals surface area contributed by atoms with Crippen LogP contribution in [0.1, 0.15) is 0 Å². The van der Waals surface area contributed by atoms with Gasteiger partial charge in [0.05, 0.1) is 21.6 Å². The Balaban J connectivity index is 2.15. The maximum absolute atomic E-state index is 12.7. The van der Waals surface area contributed by atoms with Crippen molar-refractivity contribution in [1.82, 2.24) is 25.2 Å². The second-order valence-corrected chi connectivity index (χ2v) is 9.69. The van der Waals surface area contributed by atoms with Gasteiger partial charge in [-0.3, -0.25) is 0 Å². The van der Waals surface area contributed by atoms with Crippen LogP contribution in [-0.2, 0) is 19.9 Å². The number of nitrogens with zero attached hydrogens (tertiary/aromatic N) is 5. The molecule has 0 aliphatic heterocycles. The van der Waals surface area contributed by atoms with Gasteiger partial charge in [0.15, 0.2) is 15.7 Å². The number of nitrogens with two attached hydrogens (primary N) is 3. The minimum atomic E-state index is -4.08. The van der Waals surface area contributed by atoms with E-state index in [1.807, 2.05) is 0 Å². The van der Waals surface area contributed by atoms with Crippen LogP contribution in [0.4, 0.5) is 5.82 Å². The lowest BCUT2D eigenvalue weighted by atomic mass is 10.2. The molecule has 160 valence electrons. The third-order valence-electron chi connectivity index (χ3n) is 3.98. The van der Waals surface area contributed by atoms with E-state index in [1.165, 1.54) is 30.5 Å². The molecule has 0 saturated carbocycles. The lowest BCUT2D eigenvalue weighted by molar-refractivity contribution is 0.205. The quantitative estimate of drug-likeness (QED) is 0.307. The molecule has 0 unspecified atom stereocenters. The fourth-order valence-corrected chi connectivity index (χ4v) is 4.94. The summed E-state index contributed by atoms with van der Waals surface area (Å²) < 4.78 is 49.1. The molecule has 3 aromatic rings. The molecule has 30 heavy (non-hydrogen) atoms. The molecule has 15 heteroatoms. The van der Waals surface area contributed by atoms with Gasteiger partial charge < -0.3 is 16.6 Å². The van der Waals surface area contributed by atoms with Crippen molar-refractivity contribution in [2.24, 2.45) is 10.9 Å². The first-order valence-electron chi connectivity index (χ1n) is 8.32. The minimum Gasteiger partial charge on any atom is -0.391 e. The number of rotatable bonds is 7. The highest BCUT2D eigenvalue weighted by Gasteiger charge is 2.27. The second kappa shape index (κ2) is 8.04. The summed E-state index contributed by atoms with van der Waals surface area (Å²) in [4.78, 5) is 4.13. The number of sulfonamides is 1. The molecule has 3 rings (SSSR count). The first-order chi connectivity index (χ1) is 14.0. The summed E-state index contributed by atoms with van der Waals surface area (Å²) in [5.74, 6) is -1.01. The summed E-state index contributed by atoms with van der Waals surface area (Å²) in [6.45, 7) is -0.259. The summed E-state index contributed by atoms with van der Waals surface area (Å²) in [5.41, 5.74) is 11.0. The zero-order valence-corrected chi connectivity index (χ0v) is 17.0. The molecule has 1 atom stereocenters. The van der Waals surface area contributed by atoms with Crippen molar-refractivity contribution >= 4 is 25.7 Å². The fourth-order valence-electron chi connectivity index (χ4n) is 2.63. The van der Waals surface area contributed by atoms with Crippen LogP contribution < -0.4 is 16.6 Å². The van der Waals surface area contributed by atoms with Gasteiger partial charge in [-0.15, -0.1) is 15.0 Å². The Morgan fingerprint density at radius 2 is 1.80 bits per heavy atom. The van der Waals surface area contributed by atoms with Crippen LogP contribution in [0.3, 0.4) is 0 Å². The first kappa shape index (κ1) is 21.7. The largest absolute Gasteiger partial charge is 0.391 e. The number of hydrogen-bond donors (Lipinski definition) is 4. The predicted molar refractivity (Wildman–Crippen MR) is 105 cm³/mol. The Morgan fingerprint density at radius 1 is 1.10 bits per heavy atom. The van der Waals surface area contributed by atoms with Gasteiger partial charge >= 0.3 is 0 Å². The van der Waals surface area contributed by atoms with Crippen molar-refractivity contribution in [2.75, 3.05) is 18.0 Å². The first-order valence-corrected chi connectivity index (χ1v) is 11.5. The number of anilines is 1. The topological polar surface area (TPSA) is 223 Å². The van der Waals surface area contributed by atoms with Crippen LogP contribution in [0.25, 0.3) is 17.1 Å². The summed E-state index contributed by atoms with van der Waals surface area (Å²) >= 11 is 0. The molecule has 0 bridgehead atoms. The highest BCUT2D eigenvalue weighted by molar-refractivity contribution is 7.91. The number of aliphatic hydroxyl groups is 1. The van der Waals surface area contributed by atoms with Crippen molar-refractivity contribution in [2.45, 2.75) is 15.9 Å². The SMILES string of the molecule is NC[C@@H](O)CS(=O)(=O)c1ccnc(N)c1-n1nnc(-c2ccccc2S(N)(=O)=O)n1. The Morgan fingerprint density at radius 3 is 2.47 bits per heavy atom. The third kappa shape index (κ3) is 4.29. The Kier molecular flexibility index (Phi) is 5.82. The van der Waals surface area contributed by atoms with E-state index in [2.05, 4.69) is 20.4 Å². The van der Waals surface area contributed by atoms with E-state index in [9.17, 15) is 21.9 Å². The van der Waals surface area contributed by atoms with Gasteiger partial charge in [-0.1, -0.05) is 12.1 Å². The summed E-state index contributed by atoms with van der Waals surface area (Å²) in [7, 11) is -8.14. The zero-order valence-electron chi connectivity index (χ0n) is 15.3. The number of aliphatic hydroxyl groups excluding tert-OH is 1. The maximum Gasteiger partial charge on any atom is 0.238 e. The van der Waals surface area contributed by atoms with Crippen LogP contribution in [-0.4, -0.2) is 65.5 Å². The number of pyridine rings is 1. The molecule has 2 heterocycles. The van der Waals surface area contributed by atoms with Gasteiger partial charge in [0.1, 0.15) is 5.69 Å². The van der Waals surface area contributed by atoms with Crippen molar-refractivity contribution in [1.29, 1.82) is 0 Å². The smallest absolute Gasteiger partial charge is 0.238 e. The number of hydrogen-bond acceptors (Lipinski definition) is 11. The van der Waals surface area contributed by atoms with Crippen molar-refractivity contribution in [3.63, 3.8) is 0 Å². The highest BCUT2D eigenvalue weighted by atomic mass is 32.2. The molecular weight excluding hydrogens is 436 g/mol. The van der Waals surface area contributed by atoms with Gasteiger partial charge in [-0.2, -0.15) is 0 Å². The van der Waals surface area contributed by atoms with E-state index < -0.39 is 31.7 Å². The van der Waals surface area contributed by atoms with Crippen LogP contribution in [0.5, 0.6) is 0 Å². The summed E-state index contributed by atoms with van der Waals surface area (Å²) in [5, 5.41) is 26.5. The van der Waals surface area contributed by atoms with E-state index in [1.54, 1.807) is 6.07 Å². The predicted octanol–water partition coefficient (Wildman–Crippen LogP) is -1.95.